The van der Waals surface area contributed by atoms with Gasteiger partial charge in [0.2, 0.25) is 0 Å². The maximum atomic E-state index is 13.8. The second-order valence-corrected chi connectivity index (χ2v) is 6.35. The van der Waals surface area contributed by atoms with Crippen LogP contribution in [-0.4, -0.2) is 42.0 Å². The van der Waals surface area contributed by atoms with Gasteiger partial charge in [-0.15, -0.1) is 0 Å². The van der Waals surface area contributed by atoms with Crippen LogP contribution in [0.25, 0.3) is 10.2 Å². The molecule has 0 unspecified atom stereocenters. The Labute approximate surface area is 135 Å². The normalized spacial score (nSPS) is 15.3. The highest BCUT2D eigenvalue weighted by Crippen LogP contribution is 2.30. The molecule has 0 bridgehead atoms. The minimum atomic E-state index is -0.295. The second kappa shape index (κ2) is 5.66. The number of rotatable bonds is 2. The summed E-state index contributed by atoms with van der Waals surface area (Å²) < 4.78 is 19.8. The van der Waals surface area contributed by atoms with E-state index in [1.807, 2.05) is 6.07 Å². The van der Waals surface area contributed by atoms with Gasteiger partial charge in [0.15, 0.2) is 10.9 Å². The molecule has 118 valence electrons. The van der Waals surface area contributed by atoms with E-state index in [0.717, 1.165) is 9.83 Å². The summed E-state index contributed by atoms with van der Waals surface area (Å²) in [6, 6.07) is 8.37. The molecule has 3 aromatic rings. The summed E-state index contributed by atoms with van der Waals surface area (Å²) in [4.78, 5) is 20.5. The fourth-order valence-corrected chi connectivity index (χ4v) is 3.73. The molecule has 1 aliphatic heterocycles. The van der Waals surface area contributed by atoms with Crippen molar-refractivity contribution in [3.05, 3.63) is 48.2 Å². The molecule has 1 aromatic carbocycles. The molecule has 3 heterocycles. The lowest BCUT2D eigenvalue weighted by atomic mass is 10.3. The summed E-state index contributed by atoms with van der Waals surface area (Å²) in [6.45, 7) is 2.54. The molecule has 0 spiro atoms. The van der Waals surface area contributed by atoms with Crippen molar-refractivity contribution in [1.29, 1.82) is 0 Å². The van der Waals surface area contributed by atoms with Gasteiger partial charge in [0.25, 0.3) is 5.91 Å². The van der Waals surface area contributed by atoms with Gasteiger partial charge in [0, 0.05) is 26.2 Å². The Hall–Kier alpha value is -2.41. The summed E-state index contributed by atoms with van der Waals surface area (Å²) in [5.41, 5.74) is 0.418. The van der Waals surface area contributed by atoms with Crippen molar-refractivity contribution in [2.24, 2.45) is 0 Å². The van der Waals surface area contributed by atoms with Gasteiger partial charge in [-0.3, -0.25) is 4.79 Å². The topological polar surface area (TPSA) is 49.6 Å². The number of thiazole rings is 1. The van der Waals surface area contributed by atoms with E-state index in [-0.39, 0.29) is 11.7 Å². The summed E-state index contributed by atoms with van der Waals surface area (Å²) in [7, 11) is 0. The predicted molar refractivity (Wildman–Crippen MR) is 86.4 cm³/mol. The lowest BCUT2D eigenvalue weighted by Crippen LogP contribution is -2.48. The molecule has 5 nitrogen and oxygen atoms in total. The number of carbonyl (C=O) groups is 1. The fraction of sp³-hybridized carbons (Fsp3) is 0.250. The van der Waals surface area contributed by atoms with Gasteiger partial charge in [-0.25, -0.2) is 9.37 Å². The first-order chi connectivity index (χ1) is 11.2. The van der Waals surface area contributed by atoms with Gasteiger partial charge >= 0.3 is 0 Å². The van der Waals surface area contributed by atoms with Crippen LogP contribution in [0.2, 0.25) is 0 Å². The minimum absolute atomic E-state index is 0.0926. The highest BCUT2D eigenvalue weighted by atomic mass is 32.1. The number of furan rings is 1. The van der Waals surface area contributed by atoms with E-state index in [9.17, 15) is 9.18 Å². The van der Waals surface area contributed by atoms with Crippen LogP contribution in [0, 0.1) is 5.82 Å². The third-order valence-corrected chi connectivity index (χ3v) is 5.01. The molecule has 7 heteroatoms. The zero-order valence-corrected chi connectivity index (χ0v) is 13.1. The highest BCUT2D eigenvalue weighted by molar-refractivity contribution is 7.22. The van der Waals surface area contributed by atoms with Gasteiger partial charge in [-0.1, -0.05) is 17.4 Å². The Morgan fingerprint density at radius 2 is 2.00 bits per heavy atom. The van der Waals surface area contributed by atoms with Crippen molar-refractivity contribution in [1.82, 2.24) is 9.88 Å². The number of para-hydroxylation sites is 1. The number of amides is 1. The molecule has 0 aliphatic carbocycles. The van der Waals surface area contributed by atoms with Crippen LogP contribution in [0.3, 0.4) is 0 Å². The van der Waals surface area contributed by atoms with Crippen LogP contribution in [0.15, 0.2) is 41.0 Å². The van der Waals surface area contributed by atoms with Crippen LogP contribution in [0.1, 0.15) is 10.6 Å². The predicted octanol–water partition coefficient (Wildman–Crippen LogP) is 2.99. The van der Waals surface area contributed by atoms with Crippen molar-refractivity contribution < 1.29 is 13.6 Å². The summed E-state index contributed by atoms with van der Waals surface area (Å²) in [6.07, 6.45) is 1.50. The molecule has 0 saturated carbocycles. The van der Waals surface area contributed by atoms with Crippen LogP contribution < -0.4 is 4.90 Å². The Morgan fingerprint density at radius 3 is 2.70 bits per heavy atom. The third-order valence-electron chi connectivity index (χ3n) is 3.93. The van der Waals surface area contributed by atoms with Crippen molar-refractivity contribution in [2.75, 3.05) is 31.1 Å². The van der Waals surface area contributed by atoms with E-state index in [0.29, 0.717) is 37.5 Å². The number of carbonyl (C=O) groups excluding carboxylic acids is 1. The van der Waals surface area contributed by atoms with Gasteiger partial charge in [-0.2, -0.15) is 0 Å². The zero-order chi connectivity index (χ0) is 15.8. The smallest absolute Gasteiger partial charge is 0.289 e. The van der Waals surface area contributed by atoms with Crippen LogP contribution >= 0.6 is 11.3 Å². The number of halogens is 1. The van der Waals surface area contributed by atoms with E-state index in [1.165, 1.54) is 23.7 Å². The number of hydrogen-bond donors (Lipinski definition) is 0. The van der Waals surface area contributed by atoms with E-state index in [4.69, 9.17) is 4.42 Å². The van der Waals surface area contributed by atoms with Crippen molar-refractivity contribution >= 4 is 32.6 Å². The number of aromatic nitrogens is 1. The SMILES string of the molecule is O=C(c1ccco1)N1CCN(c2nc3c(F)cccc3s2)CC1. The van der Waals surface area contributed by atoms with Crippen LogP contribution in [-0.2, 0) is 0 Å². The number of benzene rings is 1. The van der Waals surface area contributed by atoms with Crippen molar-refractivity contribution in [3.63, 3.8) is 0 Å². The first-order valence-electron chi connectivity index (χ1n) is 7.35. The summed E-state index contributed by atoms with van der Waals surface area (Å²) in [5, 5.41) is 0.801. The fourth-order valence-electron chi connectivity index (χ4n) is 2.70. The maximum Gasteiger partial charge on any atom is 0.289 e. The van der Waals surface area contributed by atoms with Crippen LogP contribution in [0.4, 0.5) is 9.52 Å². The standard InChI is InChI=1S/C16H14FN3O2S/c17-11-3-1-5-13-14(11)18-16(23-13)20-8-6-19(7-9-20)15(21)12-4-2-10-22-12/h1-5,10H,6-9H2. The van der Waals surface area contributed by atoms with Gasteiger partial charge < -0.3 is 14.2 Å². The Bertz CT molecular complexity index is 838. The largest absolute Gasteiger partial charge is 0.459 e. The van der Waals surface area contributed by atoms with Gasteiger partial charge in [0.05, 0.1) is 11.0 Å². The summed E-state index contributed by atoms with van der Waals surface area (Å²) >= 11 is 1.48. The Kier molecular flexibility index (Phi) is 3.49. The average Bonchev–Trinajstić information content (AvgIpc) is 3.24. The molecule has 1 fully saturated rings. The number of nitrogens with zero attached hydrogens (tertiary/aromatic N) is 3. The molecule has 1 aliphatic rings. The van der Waals surface area contributed by atoms with Crippen molar-refractivity contribution in [3.8, 4) is 0 Å². The first-order valence-corrected chi connectivity index (χ1v) is 8.17. The number of fused-ring (bicyclic) bond motifs is 1. The molecular weight excluding hydrogens is 317 g/mol. The molecule has 0 radical (unpaired) electrons. The van der Waals surface area contributed by atoms with E-state index >= 15 is 0 Å². The molecule has 0 N–H and O–H groups in total. The molecule has 23 heavy (non-hydrogen) atoms. The molecule has 4 rings (SSSR count). The highest BCUT2D eigenvalue weighted by Gasteiger charge is 2.25. The Balaban J connectivity index is 1.48. The van der Waals surface area contributed by atoms with E-state index < -0.39 is 0 Å². The van der Waals surface area contributed by atoms with Crippen LogP contribution in [0.5, 0.6) is 0 Å². The zero-order valence-electron chi connectivity index (χ0n) is 12.2. The van der Waals surface area contributed by atoms with Crippen molar-refractivity contribution in [2.45, 2.75) is 0 Å². The molecular formula is C16H14FN3O2S. The molecule has 0 atom stereocenters. The number of piperazine rings is 1. The molecule has 1 saturated heterocycles. The number of hydrogen-bond acceptors (Lipinski definition) is 5. The maximum absolute atomic E-state index is 13.8. The average molecular weight is 331 g/mol. The molecule has 1 amide bonds. The van der Waals surface area contributed by atoms with Gasteiger partial charge in [0.1, 0.15) is 11.3 Å². The summed E-state index contributed by atoms with van der Waals surface area (Å²) in [5.74, 6) is -0.0258. The molecule has 2 aromatic heterocycles. The Morgan fingerprint density at radius 1 is 1.17 bits per heavy atom. The third kappa shape index (κ3) is 2.57. The lowest BCUT2D eigenvalue weighted by molar-refractivity contribution is 0.0714. The van der Waals surface area contributed by atoms with Gasteiger partial charge in [-0.05, 0) is 24.3 Å². The van der Waals surface area contributed by atoms with E-state index in [1.54, 1.807) is 23.1 Å². The quantitative estimate of drug-likeness (QED) is 0.724. The second-order valence-electron chi connectivity index (χ2n) is 5.34. The lowest BCUT2D eigenvalue weighted by Gasteiger charge is -2.34. The monoisotopic (exact) mass is 331 g/mol. The van der Waals surface area contributed by atoms with E-state index in [2.05, 4.69) is 9.88 Å². The minimum Gasteiger partial charge on any atom is -0.459 e. The first kappa shape index (κ1) is 14.2. The number of anilines is 1.